The molecule has 0 amide bonds. The number of nitrogens with one attached hydrogen (secondary N) is 1. The van der Waals surface area contributed by atoms with Gasteiger partial charge in [-0.05, 0) is 32.4 Å². The van der Waals surface area contributed by atoms with E-state index in [9.17, 15) is 0 Å². The zero-order valence-electron chi connectivity index (χ0n) is 11.1. The van der Waals surface area contributed by atoms with Gasteiger partial charge in [-0.1, -0.05) is 41.5 Å². The second-order valence-electron chi connectivity index (χ2n) is 4.35. The monoisotopic (exact) mass is 233 g/mol. The average Bonchev–Trinajstić information content (AvgIpc) is 2.26. The summed E-state index contributed by atoms with van der Waals surface area (Å²) >= 11 is 0. The quantitative estimate of drug-likeness (QED) is 0.731. The van der Waals surface area contributed by atoms with Crippen LogP contribution in [0.15, 0.2) is 24.3 Å². The summed E-state index contributed by atoms with van der Waals surface area (Å²) < 4.78 is 4.96. The first-order valence-corrected chi connectivity index (χ1v) is 6.17. The van der Waals surface area contributed by atoms with Gasteiger partial charge in [0.2, 0.25) is 0 Å². The van der Waals surface area contributed by atoms with E-state index in [1.165, 1.54) is 16.7 Å². The van der Waals surface area contributed by atoms with Crippen LogP contribution in [0.5, 0.6) is 0 Å². The van der Waals surface area contributed by atoms with E-state index in [-0.39, 0.29) is 0 Å². The smallest absolute Gasteiger partial charge is 0.0587 e. The molecule has 1 N–H and O–H groups in total. The number of hydrogen-bond acceptors (Lipinski definition) is 2. The molecule has 0 unspecified atom stereocenters. The summed E-state index contributed by atoms with van der Waals surface area (Å²) in [6.45, 7) is 6.98. The summed E-state index contributed by atoms with van der Waals surface area (Å²) in [6, 6.07) is 6.62. The van der Waals surface area contributed by atoms with Gasteiger partial charge in [-0.3, -0.25) is 0 Å². The first-order chi connectivity index (χ1) is 8.22. The standard InChI is InChI=1S/C15H23NO/c1-13-10-14(2)12-15(11-13)6-4-5-7-16-8-9-17-3/h4,6,10-12,16H,5,7-9H2,1-3H3. The lowest BCUT2D eigenvalue weighted by molar-refractivity contribution is 0.199. The molecule has 0 aliphatic heterocycles. The Balaban J connectivity index is 2.28. The molecule has 0 aromatic heterocycles. The van der Waals surface area contributed by atoms with Gasteiger partial charge in [0, 0.05) is 13.7 Å². The van der Waals surface area contributed by atoms with E-state index < -0.39 is 0 Å². The van der Waals surface area contributed by atoms with Gasteiger partial charge in [-0.2, -0.15) is 0 Å². The fourth-order valence-electron chi connectivity index (χ4n) is 1.81. The topological polar surface area (TPSA) is 21.3 Å². The molecular formula is C15H23NO. The number of aryl methyl sites for hydroxylation is 2. The van der Waals surface area contributed by atoms with Crippen molar-refractivity contribution in [3.63, 3.8) is 0 Å². The third kappa shape index (κ3) is 6.25. The van der Waals surface area contributed by atoms with Crippen molar-refractivity contribution in [3.8, 4) is 0 Å². The highest BCUT2D eigenvalue weighted by atomic mass is 16.5. The number of ether oxygens (including phenoxy) is 1. The molecule has 0 saturated carbocycles. The van der Waals surface area contributed by atoms with Gasteiger partial charge in [0.1, 0.15) is 0 Å². The van der Waals surface area contributed by atoms with Crippen molar-refractivity contribution in [2.24, 2.45) is 0 Å². The van der Waals surface area contributed by atoms with Crippen LogP contribution in [0.1, 0.15) is 23.1 Å². The SMILES string of the molecule is COCCNCCC=Cc1cc(C)cc(C)c1. The highest BCUT2D eigenvalue weighted by molar-refractivity contribution is 5.51. The van der Waals surface area contributed by atoms with Crippen LogP contribution in [0.4, 0.5) is 0 Å². The Morgan fingerprint density at radius 3 is 2.47 bits per heavy atom. The lowest BCUT2D eigenvalue weighted by Crippen LogP contribution is -2.19. The van der Waals surface area contributed by atoms with E-state index in [1.807, 2.05) is 0 Å². The highest BCUT2D eigenvalue weighted by Crippen LogP contribution is 2.10. The number of rotatable bonds is 7. The van der Waals surface area contributed by atoms with E-state index in [2.05, 4.69) is 49.5 Å². The third-order valence-electron chi connectivity index (χ3n) is 2.53. The van der Waals surface area contributed by atoms with Gasteiger partial charge < -0.3 is 10.1 Å². The first kappa shape index (κ1) is 13.9. The maximum Gasteiger partial charge on any atom is 0.0587 e. The molecular weight excluding hydrogens is 210 g/mol. The van der Waals surface area contributed by atoms with Crippen LogP contribution in [0.2, 0.25) is 0 Å². The number of benzene rings is 1. The summed E-state index contributed by atoms with van der Waals surface area (Å²) in [4.78, 5) is 0. The Bertz CT molecular complexity index is 338. The lowest BCUT2D eigenvalue weighted by atomic mass is 10.1. The molecule has 0 saturated heterocycles. The minimum Gasteiger partial charge on any atom is -0.383 e. The van der Waals surface area contributed by atoms with Gasteiger partial charge in [0.15, 0.2) is 0 Å². The fraction of sp³-hybridized carbons (Fsp3) is 0.467. The molecule has 17 heavy (non-hydrogen) atoms. The van der Waals surface area contributed by atoms with Crippen molar-refractivity contribution in [3.05, 3.63) is 41.0 Å². The van der Waals surface area contributed by atoms with Gasteiger partial charge in [0.25, 0.3) is 0 Å². The Morgan fingerprint density at radius 1 is 1.12 bits per heavy atom. The third-order valence-corrected chi connectivity index (χ3v) is 2.53. The molecule has 0 atom stereocenters. The van der Waals surface area contributed by atoms with Crippen molar-refractivity contribution in [2.45, 2.75) is 20.3 Å². The Kier molecular flexibility index (Phi) is 6.60. The molecule has 2 nitrogen and oxygen atoms in total. The Labute approximate surface area is 105 Å². The normalized spacial score (nSPS) is 11.2. The summed E-state index contributed by atoms with van der Waals surface area (Å²) in [6.07, 6.45) is 5.46. The zero-order chi connectivity index (χ0) is 12.5. The van der Waals surface area contributed by atoms with E-state index in [0.29, 0.717) is 0 Å². The minimum absolute atomic E-state index is 0.779. The minimum atomic E-state index is 0.779. The number of methoxy groups -OCH3 is 1. The molecule has 0 aliphatic carbocycles. The second-order valence-corrected chi connectivity index (χ2v) is 4.35. The molecule has 2 heteroatoms. The summed E-state index contributed by atoms with van der Waals surface area (Å²) in [7, 11) is 1.72. The summed E-state index contributed by atoms with van der Waals surface area (Å²) in [5.74, 6) is 0. The average molecular weight is 233 g/mol. The van der Waals surface area contributed by atoms with Crippen molar-refractivity contribution >= 4 is 6.08 Å². The molecule has 0 aliphatic rings. The molecule has 1 aromatic carbocycles. The first-order valence-electron chi connectivity index (χ1n) is 6.17. The van der Waals surface area contributed by atoms with Crippen molar-refractivity contribution in [1.29, 1.82) is 0 Å². The lowest BCUT2D eigenvalue weighted by Gasteiger charge is -2.01. The zero-order valence-corrected chi connectivity index (χ0v) is 11.1. The fourth-order valence-corrected chi connectivity index (χ4v) is 1.81. The van der Waals surface area contributed by atoms with Gasteiger partial charge in [0.05, 0.1) is 6.61 Å². The maximum absolute atomic E-state index is 4.96. The number of hydrogen-bond donors (Lipinski definition) is 1. The predicted molar refractivity (Wildman–Crippen MR) is 74.3 cm³/mol. The van der Waals surface area contributed by atoms with Crippen LogP contribution in [-0.2, 0) is 4.74 Å². The molecule has 0 heterocycles. The highest BCUT2D eigenvalue weighted by Gasteiger charge is 1.91. The van der Waals surface area contributed by atoms with Crippen molar-refractivity contribution in [2.75, 3.05) is 26.8 Å². The van der Waals surface area contributed by atoms with Crippen LogP contribution in [0.25, 0.3) is 6.08 Å². The van der Waals surface area contributed by atoms with Gasteiger partial charge >= 0.3 is 0 Å². The van der Waals surface area contributed by atoms with E-state index in [0.717, 1.165) is 26.1 Å². The predicted octanol–water partition coefficient (Wildman–Crippen LogP) is 2.94. The molecule has 0 bridgehead atoms. The van der Waals surface area contributed by atoms with Crippen LogP contribution in [-0.4, -0.2) is 26.8 Å². The maximum atomic E-state index is 4.96. The van der Waals surface area contributed by atoms with E-state index in [4.69, 9.17) is 4.74 Å². The molecule has 0 fully saturated rings. The summed E-state index contributed by atoms with van der Waals surface area (Å²) in [5.41, 5.74) is 3.94. The van der Waals surface area contributed by atoms with E-state index in [1.54, 1.807) is 7.11 Å². The second kappa shape index (κ2) is 8.04. The van der Waals surface area contributed by atoms with Crippen molar-refractivity contribution < 1.29 is 4.74 Å². The molecule has 0 spiro atoms. The largest absolute Gasteiger partial charge is 0.383 e. The Morgan fingerprint density at radius 2 is 1.82 bits per heavy atom. The van der Waals surface area contributed by atoms with Gasteiger partial charge in [-0.25, -0.2) is 0 Å². The summed E-state index contributed by atoms with van der Waals surface area (Å²) in [5, 5.41) is 3.32. The molecule has 0 radical (unpaired) electrons. The molecule has 94 valence electrons. The van der Waals surface area contributed by atoms with Crippen LogP contribution < -0.4 is 5.32 Å². The van der Waals surface area contributed by atoms with Crippen LogP contribution >= 0.6 is 0 Å². The molecule has 1 aromatic rings. The van der Waals surface area contributed by atoms with Crippen LogP contribution in [0.3, 0.4) is 0 Å². The van der Waals surface area contributed by atoms with Crippen LogP contribution in [0, 0.1) is 13.8 Å². The van der Waals surface area contributed by atoms with E-state index >= 15 is 0 Å². The molecule has 1 rings (SSSR count). The van der Waals surface area contributed by atoms with Gasteiger partial charge in [-0.15, -0.1) is 0 Å². The van der Waals surface area contributed by atoms with Crippen molar-refractivity contribution in [1.82, 2.24) is 5.32 Å². The Hall–Kier alpha value is -1.12.